The van der Waals surface area contributed by atoms with Crippen molar-refractivity contribution in [1.82, 2.24) is 10.2 Å². The van der Waals surface area contributed by atoms with Crippen LogP contribution in [0.2, 0.25) is 0 Å². The zero-order valence-electron chi connectivity index (χ0n) is 14.2. The number of hydrogen-bond acceptors (Lipinski definition) is 3. The number of hydrogen-bond donors (Lipinski definition) is 1. The molecule has 0 spiro atoms. The summed E-state index contributed by atoms with van der Waals surface area (Å²) in [6.45, 7) is 7.82. The maximum absolute atomic E-state index is 11.3. The standard InChI is InChI=1S/C16H24N2O2.C2H6/c1-17-16(19)13-14-7-9-18(10-8-14)11-12-20-15-5-3-2-4-6-15;1-2/h2-6,14H,7-13H2,1H3,(H,17,19);1-2H3. The van der Waals surface area contributed by atoms with Crippen molar-refractivity contribution in [3.05, 3.63) is 30.3 Å². The van der Waals surface area contributed by atoms with Gasteiger partial charge in [0.15, 0.2) is 0 Å². The molecule has 0 saturated carbocycles. The number of benzene rings is 1. The Hall–Kier alpha value is -1.55. The van der Waals surface area contributed by atoms with E-state index >= 15 is 0 Å². The quantitative estimate of drug-likeness (QED) is 0.878. The van der Waals surface area contributed by atoms with E-state index in [1.54, 1.807) is 7.05 Å². The minimum Gasteiger partial charge on any atom is -0.492 e. The number of rotatable bonds is 6. The molecule has 0 aromatic heterocycles. The van der Waals surface area contributed by atoms with E-state index in [0.29, 0.717) is 12.3 Å². The van der Waals surface area contributed by atoms with E-state index in [1.807, 2.05) is 44.2 Å². The lowest BCUT2D eigenvalue weighted by Gasteiger charge is -2.31. The summed E-state index contributed by atoms with van der Waals surface area (Å²) < 4.78 is 5.71. The average Bonchev–Trinajstić information content (AvgIpc) is 2.59. The normalized spacial score (nSPS) is 15.6. The zero-order chi connectivity index (χ0) is 16.2. The molecule has 1 fully saturated rings. The van der Waals surface area contributed by atoms with Crippen molar-refractivity contribution in [2.24, 2.45) is 5.92 Å². The summed E-state index contributed by atoms with van der Waals surface area (Å²) >= 11 is 0. The molecule has 0 aliphatic carbocycles. The third-order valence-corrected chi connectivity index (χ3v) is 3.88. The van der Waals surface area contributed by atoms with Gasteiger partial charge in [0, 0.05) is 20.0 Å². The second-order valence-corrected chi connectivity index (χ2v) is 5.32. The Morgan fingerprint density at radius 2 is 1.86 bits per heavy atom. The van der Waals surface area contributed by atoms with E-state index in [-0.39, 0.29) is 5.91 Å². The zero-order valence-corrected chi connectivity index (χ0v) is 14.2. The molecule has 2 rings (SSSR count). The fourth-order valence-corrected chi connectivity index (χ4v) is 2.59. The molecule has 1 saturated heterocycles. The molecule has 1 aliphatic rings. The van der Waals surface area contributed by atoms with Gasteiger partial charge in [-0.25, -0.2) is 0 Å². The van der Waals surface area contributed by atoms with Crippen molar-refractivity contribution >= 4 is 5.91 Å². The van der Waals surface area contributed by atoms with Crippen molar-refractivity contribution in [3.8, 4) is 5.75 Å². The van der Waals surface area contributed by atoms with Gasteiger partial charge >= 0.3 is 0 Å². The second kappa shape index (κ2) is 11.1. The monoisotopic (exact) mass is 306 g/mol. The summed E-state index contributed by atoms with van der Waals surface area (Å²) in [6.07, 6.45) is 2.89. The summed E-state index contributed by atoms with van der Waals surface area (Å²) in [5.41, 5.74) is 0. The Labute approximate surface area is 134 Å². The van der Waals surface area contributed by atoms with E-state index in [9.17, 15) is 4.79 Å². The third-order valence-electron chi connectivity index (χ3n) is 3.88. The van der Waals surface area contributed by atoms with E-state index < -0.39 is 0 Å². The smallest absolute Gasteiger partial charge is 0.220 e. The van der Waals surface area contributed by atoms with E-state index in [2.05, 4.69) is 10.2 Å². The minimum absolute atomic E-state index is 0.163. The highest BCUT2D eigenvalue weighted by atomic mass is 16.5. The second-order valence-electron chi connectivity index (χ2n) is 5.32. The van der Waals surface area contributed by atoms with Crippen LogP contribution in [0.5, 0.6) is 5.75 Å². The fourth-order valence-electron chi connectivity index (χ4n) is 2.59. The van der Waals surface area contributed by atoms with E-state index in [1.165, 1.54) is 0 Å². The highest BCUT2D eigenvalue weighted by Crippen LogP contribution is 2.20. The molecule has 22 heavy (non-hydrogen) atoms. The molecule has 4 nitrogen and oxygen atoms in total. The summed E-state index contributed by atoms with van der Waals surface area (Å²) in [7, 11) is 1.71. The molecular weight excluding hydrogens is 276 g/mol. The largest absolute Gasteiger partial charge is 0.492 e. The van der Waals surface area contributed by atoms with Gasteiger partial charge in [-0.3, -0.25) is 9.69 Å². The number of nitrogens with one attached hydrogen (secondary N) is 1. The van der Waals surface area contributed by atoms with Gasteiger partial charge in [-0.1, -0.05) is 32.0 Å². The first-order valence-electron chi connectivity index (χ1n) is 8.38. The minimum atomic E-state index is 0.163. The summed E-state index contributed by atoms with van der Waals surface area (Å²) in [5, 5.41) is 2.70. The number of carbonyl (C=O) groups is 1. The van der Waals surface area contributed by atoms with Gasteiger partial charge in [0.05, 0.1) is 0 Å². The van der Waals surface area contributed by atoms with Crippen molar-refractivity contribution < 1.29 is 9.53 Å². The van der Waals surface area contributed by atoms with Crippen LogP contribution in [0.3, 0.4) is 0 Å². The molecule has 0 radical (unpaired) electrons. The van der Waals surface area contributed by atoms with Gasteiger partial charge in [-0.15, -0.1) is 0 Å². The average molecular weight is 306 g/mol. The molecule has 1 amide bonds. The maximum atomic E-state index is 11.3. The van der Waals surface area contributed by atoms with E-state index in [4.69, 9.17) is 4.74 Å². The third kappa shape index (κ3) is 6.94. The van der Waals surface area contributed by atoms with Crippen LogP contribution in [0.4, 0.5) is 0 Å². The van der Waals surface area contributed by atoms with Crippen LogP contribution in [0.1, 0.15) is 33.1 Å². The van der Waals surface area contributed by atoms with Crippen LogP contribution in [-0.2, 0) is 4.79 Å². The number of amides is 1. The van der Waals surface area contributed by atoms with Crippen molar-refractivity contribution in [3.63, 3.8) is 0 Å². The highest BCUT2D eigenvalue weighted by Gasteiger charge is 2.20. The molecule has 1 N–H and O–H groups in total. The maximum Gasteiger partial charge on any atom is 0.220 e. The number of nitrogens with zero attached hydrogens (tertiary/aromatic N) is 1. The van der Waals surface area contributed by atoms with Crippen LogP contribution >= 0.6 is 0 Å². The lowest BCUT2D eigenvalue weighted by molar-refractivity contribution is -0.121. The molecular formula is C18H30N2O2. The van der Waals surface area contributed by atoms with Gasteiger partial charge in [0.1, 0.15) is 12.4 Å². The number of ether oxygens (including phenoxy) is 1. The first-order valence-corrected chi connectivity index (χ1v) is 8.38. The predicted molar refractivity (Wildman–Crippen MR) is 91.1 cm³/mol. The van der Waals surface area contributed by atoms with Gasteiger partial charge in [0.25, 0.3) is 0 Å². The van der Waals surface area contributed by atoms with Gasteiger partial charge in [-0.2, -0.15) is 0 Å². The molecule has 0 bridgehead atoms. The number of likely N-dealkylation sites (tertiary alicyclic amines) is 1. The first-order chi connectivity index (χ1) is 10.8. The molecule has 1 aromatic carbocycles. The van der Waals surface area contributed by atoms with Gasteiger partial charge in [0.2, 0.25) is 5.91 Å². The van der Waals surface area contributed by atoms with E-state index in [0.717, 1.165) is 44.8 Å². The number of piperidine rings is 1. The Morgan fingerprint density at radius 3 is 2.45 bits per heavy atom. The molecule has 1 aromatic rings. The van der Waals surface area contributed by atoms with Crippen LogP contribution in [0, 0.1) is 5.92 Å². The predicted octanol–water partition coefficient (Wildman–Crippen LogP) is 2.94. The lowest BCUT2D eigenvalue weighted by Crippen LogP contribution is -2.37. The topological polar surface area (TPSA) is 41.6 Å². The Morgan fingerprint density at radius 1 is 1.23 bits per heavy atom. The SMILES string of the molecule is CC.CNC(=O)CC1CCN(CCOc2ccccc2)CC1. The van der Waals surface area contributed by atoms with Crippen molar-refractivity contribution in [2.75, 3.05) is 33.3 Å². The number of para-hydroxylation sites is 1. The van der Waals surface area contributed by atoms with Crippen LogP contribution in [0.25, 0.3) is 0 Å². The Bertz CT molecular complexity index is 401. The molecule has 1 aliphatic heterocycles. The van der Waals surface area contributed by atoms with Crippen molar-refractivity contribution in [1.29, 1.82) is 0 Å². The van der Waals surface area contributed by atoms with Crippen LogP contribution < -0.4 is 10.1 Å². The number of carbonyl (C=O) groups excluding carboxylic acids is 1. The van der Waals surface area contributed by atoms with Gasteiger partial charge < -0.3 is 10.1 Å². The van der Waals surface area contributed by atoms with Gasteiger partial charge in [-0.05, 0) is 44.0 Å². The lowest BCUT2D eigenvalue weighted by atomic mass is 9.93. The molecule has 4 heteroatoms. The molecule has 0 atom stereocenters. The molecule has 0 unspecified atom stereocenters. The summed E-state index contributed by atoms with van der Waals surface area (Å²) in [5.74, 6) is 1.64. The molecule has 124 valence electrons. The highest BCUT2D eigenvalue weighted by molar-refractivity contribution is 5.75. The van der Waals surface area contributed by atoms with Crippen LogP contribution in [-0.4, -0.2) is 44.1 Å². The molecule has 1 heterocycles. The first kappa shape index (κ1) is 18.5. The Kier molecular flexibility index (Phi) is 9.31. The summed E-state index contributed by atoms with van der Waals surface area (Å²) in [4.78, 5) is 13.8. The Balaban J connectivity index is 0.00000116. The summed E-state index contributed by atoms with van der Waals surface area (Å²) in [6, 6.07) is 9.93. The van der Waals surface area contributed by atoms with Crippen LogP contribution in [0.15, 0.2) is 30.3 Å². The van der Waals surface area contributed by atoms with Crippen molar-refractivity contribution in [2.45, 2.75) is 33.1 Å². The fraction of sp³-hybridized carbons (Fsp3) is 0.611.